The zero-order chi connectivity index (χ0) is 21.7. The van der Waals surface area contributed by atoms with E-state index in [9.17, 15) is 22.0 Å². The summed E-state index contributed by atoms with van der Waals surface area (Å²) in [6.07, 6.45) is 8.15. The first-order valence-electron chi connectivity index (χ1n) is 11.2. The lowest BCUT2D eigenvalue weighted by Crippen LogP contribution is -2.28. The smallest absolute Gasteiger partial charge is 0.206 e. The largest absolute Gasteiger partial charge is 0.306 e. The van der Waals surface area contributed by atoms with Crippen LogP contribution < -0.4 is 0 Å². The Bertz CT molecular complexity index is 732. The molecule has 6 heteroatoms. The number of benzene rings is 1. The molecule has 166 valence electrons. The predicted molar refractivity (Wildman–Crippen MR) is 115 cm³/mol. The maximum atomic E-state index is 14.1. The van der Waals surface area contributed by atoms with Crippen molar-refractivity contribution in [2.75, 3.05) is 0 Å². The van der Waals surface area contributed by atoms with Gasteiger partial charge < -0.3 is 0 Å². The van der Waals surface area contributed by atoms with E-state index in [-0.39, 0.29) is 5.92 Å². The summed E-state index contributed by atoms with van der Waals surface area (Å²) in [5.41, 5.74) is -0.806. The number of halogens is 5. The van der Waals surface area contributed by atoms with Crippen molar-refractivity contribution >= 4 is 14.6 Å². The van der Waals surface area contributed by atoms with Gasteiger partial charge in [-0.25, -0.2) is 13.2 Å². The van der Waals surface area contributed by atoms with E-state index >= 15 is 0 Å². The van der Waals surface area contributed by atoms with Crippen LogP contribution in [0.4, 0.5) is 22.0 Å². The fourth-order valence-electron chi connectivity index (χ4n) is 5.56. The predicted octanol–water partition coefficient (Wildman–Crippen LogP) is 8.38. The molecule has 1 saturated carbocycles. The van der Waals surface area contributed by atoms with Crippen molar-refractivity contribution in [1.82, 2.24) is 0 Å². The van der Waals surface area contributed by atoms with Crippen LogP contribution in [-0.4, -0.2) is 8.80 Å². The topological polar surface area (TPSA) is 0 Å². The van der Waals surface area contributed by atoms with Crippen LogP contribution >= 0.6 is 0 Å². The van der Waals surface area contributed by atoms with Crippen LogP contribution in [0.5, 0.6) is 0 Å². The molecule has 0 atom stereocenters. The van der Waals surface area contributed by atoms with Gasteiger partial charge in [0.1, 0.15) is 11.6 Å². The van der Waals surface area contributed by atoms with Crippen LogP contribution in [0.2, 0.25) is 18.1 Å². The number of allylic oxidation sites excluding steroid dienone is 1. The van der Waals surface area contributed by atoms with Crippen molar-refractivity contribution in [2.45, 2.75) is 75.4 Å². The second-order valence-corrected chi connectivity index (χ2v) is 12.5. The van der Waals surface area contributed by atoms with E-state index in [1.807, 2.05) is 6.08 Å². The molecule has 3 rings (SSSR count). The standard InChI is InChI=1S/C24H31F5Si/c1-2-3-4-11-30-12-9-18(10-13-30)16-5-7-17(8-6-16)19-14-20(25)22(21(26)15-19)23(27)24(28)29/h2,14-18,30H,1,3-13H2/t16-,17-,18-,30-. The molecule has 30 heavy (non-hydrogen) atoms. The van der Waals surface area contributed by atoms with Gasteiger partial charge in [-0.1, -0.05) is 43.5 Å². The van der Waals surface area contributed by atoms with E-state index in [1.165, 1.54) is 37.4 Å². The molecule has 0 amide bonds. The normalized spacial score (nSPS) is 27.0. The third-order valence-electron chi connectivity index (χ3n) is 7.27. The quantitative estimate of drug-likeness (QED) is 0.172. The van der Waals surface area contributed by atoms with E-state index in [2.05, 4.69) is 6.58 Å². The molecule has 2 aliphatic rings. The molecular formula is C24H31F5Si. The molecule has 1 aliphatic heterocycles. The average molecular weight is 443 g/mol. The Kier molecular flexibility index (Phi) is 8.32. The van der Waals surface area contributed by atoms with E-state index in [1.54, 1.807) is 0 Å². The molecule has 0 spiro atoms. The molecule has 0 nitrogen and oxygen atoms in total. The molecule has 1 saturated heterocycles. The summed E-state index contributed by atoms with van der Waals surface area (Å²) in [6, 6.07) is 6.37. The Labute approximate surface area is 177 Å². The minimum Gasteiger partial charge on any atom is -0.206 e. The van der Waals surface area contributed by atoms with E-state index in [0.717, 1.165) is 50.2 Å². The highest BCUT2D eigenvalue weighted by molar-refractivity contribution is 6.58. The number of unbranched alkanes of at least 4 members (excludes halogenated alkanes) is 1. The third kappa shape index (κ3) is 5.62. The lowest BCUT2D eigenvalue weighted by molar-refractivity contribution is 0.216. The minimum atomic E-state index is -2.71. The first-order valence-corrected chi connectivity index (χ1v) is 13.7. The molecule has 0 unspecified atom stereocenters. The highest BCUT2D eigenvalue weighted by Gasteiger charge is 2.32. The second kappa shape index (κ2) is 10.7. The van der Waals surface area contributed by atoms with Crippen LogP contribution in [-0.2, 0) is 0 Å². The van der Waals surface area contributed by atoms with Gasteiger partial charge in [-0.3, -0.25) is 0 Å². The molecular weight excluding hydrogens is 411 g/mol. The van der Waals surface area contributed by atoms with Gasteiger partial charge in [0.2, 0.25) is 5.83 Å². The van der Waals surface area contributed by atoms with Crippen molar-refractivity contribution < 1.29 is 22.0 Å². The molecule has 1 aromatic rings. The SMILES string of the molecule is C=CCCC[Si@H]1CC[C@H]([C@H]2CC[C@H](c3cc(F)c(C(F)=C(F)F)c(F)c3)CC2)CC1. The van der Waals surface area contributed by atoms with Crippen LogP contribution in [0.15, 0.2) is 30.9 Å². The first kappa shape index (κ1) is 23.2. The third-order valence-corrected chi connectivity index (χ3v) is 10.8. The van der Waals surface area contributed by atoms with Crippen molar-refractivity contribution in [3.05, 3.63) is 53.6 Å². The van der Waals surface area contributed by atoms with Crippen LogP contribution in [0.1, 0.15) is 68.4 Å². The summed E-state index contributed by atoms with van der Waals surface area (Å²) in [6.45, 7) is 3.80. The summed E-state index contributed by atoms with van der Waals surface area (Å²) < 4.78 is 66.5. The van der Waals surface area contributed by atoms with Gasteiger partial charge in [-0.05, 0) is 67.6 Å². The lowest BCUT2D eigenvalue weighted by Gasteiger charge is -2.37. The Morgan fingerprint density at radius 2 is 1.50 bits per heavy atom. The minimum absolute atomic E-state index is 0.00572. The van der Waals surface area contributed by atoms with Crippen LogP contribution in [0, 0.1) is 23.5 Å². The Morgan fingerprint density at radius 3 is 2.03 bits per heavy atom. The maximum Gasteiger partial charge on any atom is 0.306 e. The van der Waals surface area contributed by atoms with Gasteiger partial charge in [-0.15, -0.1) is 6.58 Å². The highest BCUT2D eigenvalue weighted by Crippen LogP contribution is 2.44. The zero-order valence-corrected chi connectivity index (χ0v) is 18.6. The Balaban J connectivity index is 1.54. The van der Waals surface area contributed by atoms with E-state index in [0.29, 0.717) is 11.5 Å². The second-order valence-electron chi connectivity index (χ2n) is 9.05. The van der Waals surface area contributed by atoms with Gasteiger partial charge in [0.15, 0.2) is 0 Å². The van der Waals surface area contributed by atoms with Gasteiger partial charge in [0.05, 0.1) is 5.56 Å². The Hall–Kier alpha value is -1.43. The first-order chi connectivity index (χ1) is 14.4. The van der Waals surface area contributed by atoms with Crippen LogP contribution in [0.3, 0.4) is 0 Å². The monoisotopic (exact) mass is 442 g/mol. The highest BCUT2D eigenvalue weighted by atomic mass is 28.3. The van der Waals surface area contributed by atoms with Crippen LogP contribution in [0.25, 0.3) is 5.83 Å². The van der Waals surface area contributed by atoms with Gasteiger partial charge in [-0.2, -0.15) is 8.78 Å². The molecule has 2 fully saturated rings. The summed E-state index contributed by atoms with van der Waals surface area (Å²) in [4.78, 5) is 0. The van der Waals surface area contributed by atoms with Gasteiger partial charge >= 0.3 is 6.08 Å². The molecule has 0 bridgehead atoms. The van der Waals surface area contributed by atoms with Gasteiger partial charge in [0, 0.05) is 8.80 Å². The van der Waals surface area contributed by atoms with Crippen molar-refractivity contribution in [1.29, 1.82) is 0 Å². The fraction of sp³-hybridized carbons (Fsp3) is 0.583. The van der Waals surface area contributed by atoms with Crippen molar-refractivity contribution in [3.8, 4) is 0 Å². The lowest BCUT2D eigenvalue weighted by atomic mass is 9.72. The molecule has 0 radical (unpaired) electrons. The molecule has 1 heterocycles. The molecule has 0 aromatic heterocycles. The summed E-state index contributed by atoms with van der Waals surface area (Å²) in [5.74, 6) is -3.17. The molecule has 1 aromatic carbocycles. The number of rotatable bonds is 7. The van der Waals surface area contributed by atoms with Crippen molar-refractivity contribution in [2.24, 2.45) is 11.8 Å². The zero-order valence-electron chi connectivity index (χ0n) is 17.4. The fourth-order valence-corrected chi connectivity index (χ4v) is 9.03. The molecule has 1 aliphatic carbocycles. The van der Waals surface area contributed by atoms with Crippen molar-refractivity contribution in [3.63, 3.8) is 0 Å². The molecule has 0 N–H and O–H groups in total. The number of hydrogen-bond donors (Lipinski definition) is 0. The summed E-state index contributed by atoms with van der Waals surface area (Å²) in [5, 5.41) is 0. The number of hydrogen-bond acceptors (Lipinski definition) is 0. The Morgan fingerprint density at radius 1 is 0.933 bits per heavy atom. The maximum absolute atomic E-state index is 14.1. The van der Waals surface area contributed by atoms with E-state index < -0.39 is 37.9 Å². The van der Waals surface area contributed by atoms with Gasteiger partial charge in [0.25, 0.3) is 0 Å². The van der Waals surface area contributed by atoms with E-state index in [4.69, 9.17) is 0 Å². The summed E-state index contributed by atoms with van der Waals surface area (Å²) >= 11 is 0. The summed E-state index contributed by atoms with van der Waals surface area (Å²) in [7, 11) is -0.563. The average Bonchev–Trinajstić information content (AvgIpc) is 2.74.